The van der Waals surface area contributed by atoms with Crippen molar-refractivity contribution in [2.75, 3.05) is 38.4 Å². The Morgan fingerprint density at radius 2 is 1.00 bits per heavy atom. The number of anilines is 1. The quantitative estimate of drug-likeness (QED) is 0.0288. The number of aliphatic hydroxyl groups is 5. The zero-order valence-electron chi connectivity index (χ0n) is 50.7. The molecule has 416 valence electrons. The van der Waals surface area contributed by atoms with Gasteiger partial charge >= 0.3 is 0 Å². The second-order valence-corrected chi connectivity index (χ2v) is 23.0. The lowest BCUT2D eigenvalue weighted by molar-refractivity contribution is 0.113. The lowest BCUT2D eigenvalue weighted by Gasteiger charge is -2.35. The monoisotopic (exact) mass is 1160 g/mol. The Bertz CT molecular complexity index is 2350. The molecule has 3 aliphatic heterocycles. The van der Waals surface area contributed by atoms with Gasteiger partial charge in [-0.05, 0) is 129 Å². The van der Waals surface area contributed by atoms with Crippen LogP contribution in [0.3, 0.4) is 0 Å². The maximum Gasteiger partial charge on any atom is 0.244 e. The van der Waals surface area contributed by atoms with E-state index in [1.54, 1.807) is 0 Å². The lowest BCUT2D eigenvalue weighted by Crippen LogP contribution is -2.44. The van der Waals surface area contributed by atoms with Gasteiger partial charge in [-0.1, -0.05) is 13.3 Å². The number of nitrogens with zero attached hydrogens (tertiary/aromatic N) is 8. The van der Waals surface area contributed by atoms with E-state index in [4.69, 9.17) is 32.5 Å². The number of rotatable bonds is 18. The number of ether oxygens (including phenoxy) is 3. The number of aliphatic imine (C=N–C) groups is 2. The molecule has 0 bridgehead atoms. The van der Waals surface area contributed by atoms with E-state index in [1.807, 2.05) is 41.5 Å². The molecule has 13 atom stereocenters. The highest BCUT2D eigenvalue weighted by Crippen LogP contribution is 2.47. The number of hydrogen-bond acceptors (Lipinski definition) is 20. The number of aliphatic hydroxyl groups excluding tert-OH is 5. The van der Waals surface area contributed by atoms with Crippen molar-refractivity contribution < 1.29 is 39.8 Å². The molecule has 3 unspecified atom stereocenters. The molecule has 3 aliphatic carbocycles. The minimum Gasteiger partial charge on any atom is -0.470 e. The Morgan fingerprint density at radius 3 is 1.45 bits per heavy atom. The number of thiol groups is 3. The van der Waals surface area contributed by atoms with E-state index in [2.05, 4.69) is 122 Å². The van der Waals surface area contributed by atoms with Gasteiger partial charge < -0.3 is 45.1 Å². The van der Waals surface area contributed by atoms with Crippen LogP contribution in [0.15, 0.2) is 9.98 Å². The number of fused-ring (bicyclic) bond motifs is 6. The van der Waals surface area contributed by atoms with E-state index < -0.39 is 0 Å². The second-order valence-electron chi connectivity index (χ2n) is 19.4. The summed E-state index contributed by atoms with van der Waals surface area (Å²) in [4.78, 5) is 36.2. The number of nitrogens with one attached hydrogen (secondary N) is 1. The van der Waals surface area contributed by atoms with Crippen molar-refractivity contribution in [2.45, 2.75) is 156 Å². The van der Waals surface area contributed by atoms with Gasteiger partial charge in [0.05, 0.1) is 34.5 Å². The Kier molecular flexibility index (Phi) is 25.8. The minimum absolute atomic E-state index is 0.0327. The third kappa shape index (κ3) is 18.3. The van der Waals surface area contributed by atoms with Gasteiger partial charge in [0.2, 0.25) is 40.7 Å². The zero-order chi connectivity index (χ0) is 59.9. The van der Waals surface area contributed by atoms with Gasteiger partial charge in [0.25, 0.3) is 0 Å². The Labute approximate surface area is 480 Å². The first-order valence-electron chi connectivity index (χ1n) is 29.1. The van der Waals surface area contributed by atoms with E-state index in [0.717, 1.165) is 128 Å². The van der Waals surface area contributed by atoms with Gasteiger partial charge in [-0.25, -0.2) is 62.4 Å². The maximum absolute atomic E-state index is 9.35. The van der Waals surface area contributed by atoms with Crippen LogP contribution in [0.4, 0.5) is 17.1 Å². The summed E-state index contributed by atoms with van der Waals surface area (Å²) < 4.78 is 58.3. The van der Waals surface area contributed by atoms with E-state index in [0.29, 0.717) is 85.1 Å². The third-order valence-corrected chi connectivity index (χ3v) is 14.1. The first-order valence-corrected chi connectivity index (χ1v) is 29.7. The molecule has 3 fully saturated rings. The molecular weight excluding hydrogens is 1060 g/mol. The highest BCUT2D eigenvalue weighted by atomic mass is 32.1. The van der Waals surface area contributed by atoms with Gasteiger partial charge in [-0.3, -0.25) is 0 Å². The van der Waals surface area contributed by atoms with E-state index in [1.165, 1.54) is 0 Å². The second kappa shape index (κ2) is 34.3. The van der Waals surface area contributed by atoms with Gasteiger partial charge in [0.15, 0.2) is 0 Å². The van der Waals surface area contributed by atoms with Crippen LogP contribution in [0.2, 0.25) is 0 Å². The average Bonchev–Trinajstić information content (AvgIpc) is 4.28. The van der Waals surface area contributed by atoms with Crippen molar-refractivity contribution in [1.82, 2.24) is 29.9 Å². The summed E-state index contributed by atoms with van der Waals surface area (Å²) in [6, 6.07) is 0.204. The van der Waals surface area contributed by atoms with Crippen LogP contribution >= 0.6 is 64.8 Å². The first-order chi connectivity index (χ1) is 38.6. The third-order valence-electron chi connectivity index (χ3n) is 14.1. The Hall–Kier alpha value is -1.89. The molecule has 0 radical (unpaired) electrons. The fourth-order valence-electron chi connectivity index (χ4n) is 11.2. The molecule has 0 amide bonds. The normalized spacial score (nSPS) is 25.6. The van der Waals surface area contributed by atoms with Crippen molar-refractivity contribution >= 4 is 112 Å². The fraction of sp³-hybridized carbons (Fsp3) is 0.714. The minimum atomic E-state index is -0.306. The van der Waals surface area contributed by atoms with Gasteiger partial charge in [-0.15, -0.1) is 0 Å². The Balaban J connectivity index is 0.000000237. The van der Waals surface area contributed by atoms with Crippen LogP contribution in [0.25, 0.3) is 0 Å². The van der Waals surface area contributed by atoms with Crippen molar-refractivity contribution in [2.24, 2.45) is 45.5 Å². The van der Waals surface area contributed by atoms with Gasteiger partial charge in [0, 0.05) is 62.6 Å². The lowest BCUT2D eigenvalue weighted by atomic mass is 9.96. The summed E-state index contributed by atoms with van der Waals surface area (Å²) >= 11 is 10.8. The summed E-state index contributed by atoms with van der Waals surface area (Å²) in [6.45, 7) is 15.3. The summed E-state index contributed by atoms with van der Waals surface area (Å²) in [5, 5.41) is 35.6. The predicted molar refractivity (Wildman–Crippen MR) is 329 cm³/mol. The SMILES string of the molecule is [2H]B(P)S.[2H]B(P)S.[2H]B(P)S.[3H]OCCC[C@H]1C[C@H](CCC)[C@H]2Oc3nc(C)nc(C)c3N=C12.[3H]OCCC[C@H]1C[C@H](CCO)[C@H]2Oc3nc(C)nc(C)c3N=C12.[3H]OCCC[C@H]1C[C@H](CCO)[C@H]2Oc3nc(C)nc(C)c3N[C@@H]12. The first kappa shape index (κ1) is 56.4. The topological polar surface area (TPSA) is 243 Å². The summed E-state index contributed by atoms with van der Waals surface area (Å²) in [6.07, 6.45) is 11.3. The molecule has 75 heavy (non-hydrogen) atoms. The largest absolute Gasteiger partial charge is 0.470 e. The summed E-state index contributed by atoms with van der Waals surface area (Å²) in [5.74, 6) is 6.20. The maximum atomic E-state index is 9.35. The molecular formula is C49H85B3N9O8P3S3. The van der Waals surface area contributed by atoms with Crippen molar-refractivity contribution in [1.29, 1.82) is 8.30 Å². The molecule has 9 rings (SSSR count). The van der Waals surface area contributed by atoms with E-state index in [9.17, 15) is 10.2 Å². The predicted octanol–water partition coefficient (Wildman–Crippen LogP) is 6.45. The van der Waals surface area contributed by atoms with Crippen molar-refractivity contribution in [3.63, 3.8) is 0 Å². The van der Waals surface area contributed by atoms with E-state index >= 15 is 0 Å². The fourth-order valence-corrected chi connectivity index (χ4v) is 11.2. The zero-order valence-corrected chi connectivity index (χ0v) is 50.9. The van der Waals surface area contributed by atoms with Crippen LogP contribution in [0, 0.1) is 77.0 Å². The molecule has 0 saturated heterocycles. The average molecular weight is 1160 g/mol. The molecule has 6 aliphatic rings. The number of hydrogen-bond donors (Lipinski definition) is 9. The summed E-state index contributed by atoms with van der Waals surface area (Å²) in [7, 11) is 6.56. The molecule has 6 N–H and O–H groups in total. The molecule has 17 nitrogen and oxygen atoms in total. The van der Waals surface area contributed by atoms with Crippen molar-refractivity contribution in [3.8, 4) is 17.6 Å². The van der Waals surface area contributed by atoms with Gasteiger partial charge in [0.1, 0.15) is 52.8 Å². The molecule has 0 aromatic carbocycles. The molecule has 0 spiro atoms. The Morgan fingerprint density at radius 1 is 0.573 bits per heavy atom. The number of aromatic nitrogens is 6. The van der Waals surface area contributed by atoms with Crippen LogP contribution in [0.1, 0.15) is 125 Å². The smallest absolute Gasteiger partial charge is 0.244 e. The molecule has 3 aromatic rings. The molecule has 26 heteroatoms. The molecule has 6 heterocycles. The highest BCUT2D eigenvalue weighted by Gasteiger charge is 2.48. The van der Waals surface area contributed by atoms with Crippen LogP contribution in [-0.4, -0.2) is 151 Å². The van der Waals surface area contributed by atoms with Crippen LogP contribution in [0.5, 0.6) is 17.6 Å². The van der Waals surface area contributed by atoms with Crippen LogP contribution in [-0.2, 0) is 0 Å². The molecule has 3 aromatic heterocycles. The summed E-state index contributed by atoms with van der Waals surface area (Å²) in [5.41, 5.74) is 7.22. The van der Waals surface area contributed by atoms with E-state index in [-0.39, 0.29) is 62.2 Å². The number of aryl methyl sites for hydroxylation is 6. The van der Waals surface area contributed by atoms with Gasteiger partial charge in [-0.2, -0.15) is 42.3 Å². The van der Waals surface area contributed by atoms with Crippen molar-refractivity contribution in [3.05, 3.63) is 34.6 Å². The van der Waals surface area contributed by atoms with Crippen LogP contribution < -0.4 is 19.5 Å². The standard InChI is InChI=1S/C17H25N3O2.C16H25N3O3.C16H23N3O3.3BH4PS/c1-4-6-13-9-12(7-5-8-21)15-16(13)22-17-14(20-15)10(2)18-11(3)19-17;2*1-9-13-16(18-10(2)17-9)22-15-12(5-7-21)8-11(4-3-6-20)14(15)19-13;3*2-1-3/h12-13,16,21H,4-9H2,1-3H3;11-12,14-15,19-21H,3-8H2,1-2H3;11-12,15,20-21H,3-8H2,1-2H3;3*1,3H,2H2/t12-,13-,16+;11-,12-,14-,15+;11-,12-,15+;;;/m000.../s1/i21T;2*20T;3*1D. The molecule has 3 saturated carbocycles. The highest BCUT2D eigenvalue weighted by molar-refractivity contribution is 8.20.